The maximum atomic E-state index is 2.49. The van der Waals surface area contributed by atoms with Crippen molar-refractivity contribution in [1.29, 1.82) is 0 Å². The zero-order valence-electron chi connectivity index (χ0n) is 28.4. The molecule has 8 aromatic rings. The lowest BCUT2D eigenvalue weighted by Crippen LogP contribution is -2.18. The van der Waals surface area contributed by atoms with Crippen molar-refractivity contribution >= 4 is 49.4 Å². The third-order valence-corrected chi connectivity index (χ3v) is 11.6. The van der Waals surface area contributed by atoms with Gasteiger partial charge in [-0.25, -0.2) is 0 Å². The van der Waals surface area contributed by atoms with Crippen molar-refractivity contribution < 1.29 is 0 Å². The van der Waals surface area contributed by atoms with Crippen molar-refractivity contribution in [2.24, 2.45) is 0 Å². The third-order valence-electron chi connectivity index (χ3n) is 11.6. The van der Waals surface area contributed by atoms with Gasteiger partial charge in [-0.05, 0) is 113 Å². The zero-order valence-corrected chi connectivity index (χ0v) is 28.4. The number of hydrogen-bond acceptors (Lipinski definition) is 1. The van der Waals surface area contributed by atoms with Gasteiger partial charge < -0.3 is 4.90 Å². The smallest absolute Gasteiger partial charge is 0.0468 e. The highest BCUT2D eigenvalue weighted by Gasteiger charge is 2.37. The first kappa shape index (κ1) is 28.4. The van der Waals surface area contributed by atoms with Gasteiger partial charge in [0.25, 0.3) is 0 Å². The molecule has 0 aliphatic heterocycles. The zero-order chi connectivity index (χ0) is 33.1. The Kier molecular flexibility index (Phi) is 5.75. The molecule has 0 saturated carbocycles. The summed E-state index contributed by atoms with van der Waals surface area (Å²) >= 11 is 0. The van der Waals surface area contributed by atoms with E-state index in [2.05, 4.69) is 184 Å². The molecule has 0 atom stereocenters. The Balaban J connectivity index is 1.23. The predicted molar refractivity (Wildman–Crippen MR) is 209 cm³/mol. The lowest BCUT2D eigenvalue weighted by atomic mass is 9.82. The molecular weight excluding hydrogens is 591 g/mol. The SMILES string of the molecule is CC1(C)c2ccccc2-c2ccc(N(c3ccc4c(c3)C(C)(C)c3ccccc3-4)c3ccc4c5ccccc5c5ccccc5c4c3)cc21. The van der Waals surface area contributed by atoms with E-state index in [0.29, 0.717) is 0 Å². The molecule has 0 saturated heterocycles. The van der Waals surface area contributed by atoms with E-state index in [1.807, 2.05) is 0 Å². The van der Waals surface area contributed by atoms with Crippen LogP contribution in [-0.2, 0) is 10.8 Å². The first-order chi connectivity index (χ1) is 23.8. The molecule has 1 heteroatoms. The van der Waals surface area contributed by atoms with E-state index in [9.17, 15) is 0 Å². The predicted octanol–water partition coefficient (Wildman–Crippen LogP) is 13.2. The van der Waals surface area contributed by atoms with E-state index in [0.717, 1.165) is 5.69 Å². The van der Waals surface area contributed by atoms with Crippen LogP contribution in [0, 0.1) is 0 Å². The Morgan fingerprint density at radius 1 is 0.306 bits per heavy atom. The Hall–Kier alpha value is -5.66. The molecule has 49 heavy (non-hydrogen) atoms. The fraction of sp³-hybridized carbons (Fsp3) is 0.125. The molecule has 2 aliphatic carbocycles. The summed E-state index contributed by atoms with van der Waals surface area (Å²) in [5.41, 5.74) is 14.3. The first-order valence-electron chi connectivity index (χ1n) is 17.4. The van der Waals surface area contributed by atoms with Crippen LogP contribution in [0.15, 0.2) is 152 Å². The maximum absolute atomic E-state index is 2.49. The third kappa shape index (κ3) is 3.88. The van der Waals surface area contributed by atoms with Crippen LogP contribution in [0.2, 0.25) is 0 Å². The van der Waals surface area contributed by atoms with Gasteiger partial charge in [0.2, 0.25) is 0 Å². The van der Waals surface area contributed by atoms with E-state index in [4.69, 9.17) is 0 Å². The number of rotatable bonds is 3. The Labute approximate surface area is 288 Å². The van der Waals surface area contributed by atoms with E-state index in [1.54, 1.807) is 0 Å². The van der Waals surface area contributed by atoms with Gasteiger partial charge in [-0.2, -0.15) is 0 Å². The average molecular weight is 628 g/mol. The maximum Gasteiger partial charge on any atom is 0.0468 e. The fourth-order valence-electron chi connectivity index (χ4n) is 9.14. The van der Waals surface area contributed by atoms with Crippen molar-refractivity contribution in [2.75, 3.05) is 4.90 Å². The van der Waals surface area contributed by atoms with E-state index in [-0.39, 0.29) is 10.8 Å². The Morgan fingerprint density at radius 2 is 0.653 bits per heavy atom. The number of nitrogens with zero attached hydrogens (tertiary/aromatic N) is 1. The van der Waals surface area contributed by atoms with Gasteiger partial charge in [0, 0.05) is 27.9 Å². The van der Waals surface area contributed by atoms with Crippen LogP contribution < -0.4 is 4.90 Å². The fourth-order valence-corrected chi connectivity index (χ4v) is 9.14. The topological polar surface area (TPSA) is 3.24 Å². The number of anilines is 3. The Bertz CT molecular complexity index is 2530. The van der Waals surface area contributed by atoms with Crippen LogP contribution in [0.25, 0.3) is 54.6 Å². The van der Waals surface area contributed by atoms with Crippen molar-refractivity contribution in [1.82, 2.24) is 0 Å². The van der Waals surface area contributed by atoms with Crippen molar-refractivity contribution in [2.45, 2.75) is 38.5 Å². The van der Waals surface area contributed by atoms with E-state index in [1.165, 1.54) is 88.2 Å². The van der Waals surface area contributed by atoms with Crippen LogP contribution in [0.4, 0.5) is 17.1 Å². The van der Waals surface area contributed by atoms with Crippen LogP contribution in [0.3, 0.4) is 0 Å². The first-order valence-corrected chi connectivity index (χ1v) is 17.4. The van der Waals surface area contributed by atoms with E-state index < -0.39 is 0 Å². The summed E-state index contributed by atoms with van der Waals surface area (Å²) in [6, 6.07) is 56.9. The molecule has 234 valence electrons. The molecule has 10 rings (SSSR count). The Morgan fingerprint density at radius 3 is 1.14 bits per heavy atom. The molecule has 8 aromatic carbocycles. The van der Waals surface area contributed by atoms with Crippen LogP contribution in [0.5, 0.6) is 0 Å². The molecule has 0 fully saturated rings. The minimum absolute atomic E-state index is 0.0896. The summed E-state index contributed by atoms with van der Waals surface area (Å²) in [6.07, 6.45) is 0. The molecule has 2 aliphatic rings. The lowest BCUT2D eigenvalue weighted by molar-refractivity contribution is 0.660. The van der Waals surface area contributed by atoms with Crippen LogP contribution in [-0.4, -0.2) is 0 Å². The normalized spacial score (nSPS) is 14.9. The molecule has 0 heterocycles. The molecule has 0 aromatic heterocycles. The molecular formula is C48H37N. The summed E-state index contributed by atoms with van der Waals surface area (Å²) in [6.45, 7) is 9.48. The molecule has 0 bridgehead atoms. The minimum Gasteiger partial charge on any atom is -0.310 e. The molecule has 0 unspecified atom stereocenters. The second-order valence-corrected chi connectivity index (χ2v) is 15.0. The second kappa shape index (κ2) is 9.94. The summed E-state index contributed by atoms with van der Waals surface area (Å²) in [5.74, 6) is 0. The van der Waals surface area contributed by atoms with Gasteiger partial charge in [-0.3, -0.25) is 0 Å². The molecule has 0 radical (unpaired) electrons. The highest BCUT2D eigenvalue weighted by molar-refractivity contribution is 6.25. The summed E-state index contributed by atoms with van der Waals surface area (Å²) in [5, 5.41) is 7.74. The molecule has 1 nitrogen and oxygen atoms in total. The van der Waals surface area contributed by atoms with Crippen molar-refractivity contribution in [3.63, 3.8) is 0 Å². The summed E-state index contributed by atoms with van der Waals surface area (Å²) < 4.78 is 0. The van der Waals surface area contributed by atoms with Gasteiger partial charge in [0.05, 0.1) is 0 Å². The number of fused-ring (bicyclic) bond motifs is 12. The summed E-state index contributed by atoms with van der Waals surface area (Å²) in [7, 11) is 0. The number of benzene rings is 8. The molecule has 0 N–H and O–H groups in total. The van der Waals surface area contributed by atoms with Crippen molar-refractivity contribution in [3.05, 3.63) is 174 Å². The van der Waals surface area contributed by atoms with Gasteiger partial charge in [0.1, 0.15) is 0 Å². The highest BCUT2D eigenvalue weighted by atomic mass is 15.1. The largest absolute Gasteiger partial charge is 0.310 e. The standard InChI is InChI=1S/C48H37N/c1-47(2)43-19-11-9-17-38(43)40-25-22-31(28-45(40)47)49(32-23-26-41-39-18-10-12-20-44(39)48(3,4)46(41)29-32)30-21-24-37-35-15-6-5-13-33(35)34-14-7-8-16-36(34)42(37)27-30/h5-29H,1-4H3. The minimum atomic E-state index is -0.0896. The molecule has 0 amide bonds. The average Bonchev–Trinajstić information content (AvgIpc) is 3.51. The molecule has 0 spiro atoms. The van der Waals surface area contributed by atoms with Gasteiger partial charge in [0.15, 0.2) is 0 Å². The quantitative estimate of drug-likeness (QED) is 0.176. The highest BCUT2D eigenvalue weighted by Crippen LogP contribution is 2.53. The van der Waals surface area contributed by atoms with E-state index >= 15 is 0 Å². The van der Waals surface area contributed by atoms with Crippen LogP contribution >= 0.6 is 0 Å². The lowest BCUT2D eigenvalue weighted by Gasteiger charge is -2.30. The summed E-state index contributed by atoms with van der Waals surface area (Å²) in [4.78, 5) is 2.49. The second-order valence-electron chi connectivity index (χ2n) is 15.0. The van der Waals surface area contributed by atoms with Gasteiger partial charge in [-0.1, -0.05) is 143 Å². The number of hydrogen-bond donors (Lipinski definition) is 0. The van der Waals surface area contributed by atoms with Crippen molar-refractivity contribution in [3.8, 4) is 22.3 Å². The van der Waals surface area contributed by atoms with Gasteiger partial charge >= 0.3 is 0 Å². The monoisotopic (exact) mass is 627 g/mol. The van der Waals surface area contributed by atoms with Crippen LogP contribution in [0.1, 0.15) is 49.9 Å². The van der Waals surface area contributed by atoms with Gasteiger partial charge in [-0.15, -0.1) is 0 Å².